The van der Waals surface area contributed by atoms with Gasteiger partial charge in [-0.05, 0) is 31.2 Å². The zero-order valence-corrected chi connectivity index (χ0v) is 16.1. The molecule has 0 unspecified atom stereocenters. The van der Waals surface area contributed by atoms with E-state index in [1.165, 1.54) is 11.8 Å². The Hall–Kier alpha value is -3.53. The van der Waals surface area contributed by atoms with Crippen LogP contribution in [0.2, 0.25) is 0 Å². The number of ether oxygens (including phenoxy) is 1. The van der Waals surface area contributed by atoms with Crippen LogP contribution < -0.4 is 5.56 Å². The number of rotatable bonds is 6. The van der Waals surface area contributed by atoms with E-state index in [-0.39, 0.29) is 12.3 Å². The van der Waals surface area contributed by atoms with Crippen molar-refractivity contribution in [3.8, 4) is 0 Å². The lowest BCUT2D eigenvalue weighted by molar-refractivity contribution is 0.0331. The van der Waals surface area contributed by atoms with Crippen molar-refractivity contribution >= 4 is 28.6 Å². The van der Waals surface area contributed by atoms with Crippen molar-refractivity contribution in [2.24, 2.45) is 0 Å². The maximum atomic E-state index is 12.6. The van der Waals surface area contributed by atoms with Crippen LogP contribution in [0.4, 0.5) is 0 Å². The molecule has 0 fully saturated rings. The average molecular weight is 409 g/mol. The van der Waals surface area contributed by atoms with E-state index in [0.717, 1.165) is 10.4 Å². The zero-order valence-electron chi connectivity index (χ0n) is 15.3. The summed E-state index contributed by atoms with van der Waals surface area (Å²) in [6, 6.07) is 11.9. The smallest absolute Gasteiger partial charge is 0.342 e. The fourth-order valence-electron chi connectivity index (χ4n) is 2.59. The molecular formula is C19H15N5O4S. The normalized spacial score (nSPS) is 10.9. The van der Waals surface area contributed by atoms with Crippen LogP contribution >= 0.6 is 11.8 Å². The first-order valence-electron chi connectivity index (χ1n) is 8.61. The number of fused-ring (bicyclic) bond motifs is 1. The monoisotopic (exact) mass is 409 g/mol. The predicted molar refractivity (Wildman–Crippen MR) is 104 cm³/mol. The molecule has 29 heavy (non-hydrogen) atoms. The van der Waals surface area contributed by atoms with E-state index in [0.29, 0.717) is 33.0 Å². The van der Waals surface area contributed by atoms with Crippen LogP contribution in [0.5, 0.6) is 0 Å². The molecule has 0 bridgehead atoms. The summed E-state index contributed by atoms with van der Waals surface area (Å²) < 4.78 is 11.3. The van der Waals surface area contributed by atoms with Crippen molar-refractivity contribution in [2.45, 2.75) is 24.4 Å². The summed E-state index contributed by atoms with van der Waals surface area (Å²) >= 11 is 1.34. The summed E-state index contributed by atoms with van der Waals surface area (Å²) in [6.45, 7) is 1.46. The quantitative estimate of drug-likeness (QED) is 0.350. The second-order valence-corrected chi connectivity index (χ2v) is 7.01. The lowest BCUT2D eigenvalue weighted by atomic mass is 10.2. The van der Waals surface area contributed by atoms with E-state index < -0.39 is 5.97 Å². The standard InChI is InChI=1S/C19H15N5O4S/c1-12-9-13(22-28-12)10-29-17-15(6-4-8-20-17)19(26)27-11-24-18(25)14-5-2-3-7-16(14)21-23-24/h2-9H,10-11H2,1H3. The molecule has 0 radical (unpaired) electrons. The summed E-state index contributed by atoms with van der Waals surface area (Å²) in [7, 11) is 0. The number of carbonyl (C=O) groups is 1. The maximum Gasteiger partial charge on any atom is 0.342 e. The largest absolute Gasteiger partial charge is 0.438 e. The SMILES string of the molecule is Cc1cc(CSc2ncccc2C(=O)OCn2nnc3ccccc3c2=O)no1. The minimum absolute atomic E-state index is 0.291. The Morgan fingerprint density at radius 3 is 2.93 bits per heavy atom. The Morgan fingerprint density at radius 1 is 1.24 bits per heavy atom. The highest BCUT2D eigenvalue weighted by atomic mass is 32.2. The molecule has 10 heteroatoms. The first-order valence-corrected chi connectivity index (χ1v) is 9.60. The second-order valence-electron chi connectivity index (χ2n) is 6.05. The highest BCUT2D eigenvalue weighted by molar-refractivity contribution is 7.98. The summed E-state index contributed by atoms with van der Waals surface area (Å²) in [5, 5.41) is 12.6. The fourth-order valence-corrected chi connectivity index (χ4v) is 3.46. The van der Waals surface area contributed by atoms with Gasteiger partial charge in [0.1, 0.15) is 16.3 Å². The minimum atomic E-state index is -0.612. The molecule has 0 aliphatic heterocycles. The van der Waals surface area contributed by atoms with Gasteiger partial charge in [0.15, 0.2) is 6.73 Å². The number of aromatic nitrogens is 5. The summed E-state index contributed by atoms with van der Waals surface area (Å²) in [5.74, 6) is 0.589. The molecule has 0 aliphatic carbocycles. The van der Waals surface area contributed by atoms with Gasteiger partial charge in [-0.3, -0.25) is 4.79 Å². The number of hydrogen-bond donors (Lipinski definition) is 0. The van der Waals surface area contributed by atoms with E-state index in [9.17, 15) is 9.59 Å². The summed E-state index contributed by atoms with van der Waals surface area (Å²) in [5.41, 5.74) is 1.13. The van der Waals surface area contributed by atoms with Crippen molar-refractivity contribution < 1.29 is 14.1 Å². The molecule has 0 spiro atoms. The molecule has 0 saturated carbocycles. The number of carbonyl (C=O) groups excluding carboxylic acids is 1. The third-order valence-corrected chi connectivity index (χ3v) is 5.01. The molecule has 146 valence electrons. The van der Waals surface area contributed by atoms with Crippen LogP contribution in [0.3, 0.4) is 0 Å². The highest BCUT2D eigenvalue weighted by Gasteiger charge is 2.16. The van der Waals surface area contributed by atoms with E-state index in [1.54, 1.807) is 42.6 Å². The van der Waals surface area contributed by atoms with Gasteiger partial charge in [0.2, 0.25) is 0 Å². The number of aryl methyl sites for hydroxylation is 1. The van der Waals surface area contributed by atoms with Gasteiger partial charge in [-0.2, -0.15) is 4.68 Å². The van der Waals surface area contributed by atoms with Crippen LogP contribution in [-0.4, -0.2) is 31.1 Å². The molecule has 3 aromatic heterocycles. The third kappa shape index (κ3) is 4.16. The molecule has 3 heterocycles. The van der Waals surface area contributed by atoms with Gasteiger partial charge >= 0.3 is 5.97 Å². The van der Waals surface area contributed by atoms with Gasteiger partial charge in [0, 0.05) is 18.0 Å². The van der Waals surface area contributed by atoms with Gasteiger partial charge in [0.25, 0.3) is 5.56 Å². The molecule has 0 aliphatic rings. The molecule has 4 rings (SSSR count). The lowest BCUT2D eigenvalue weighted by Crippen LogP contribution is -2.26. The molecule has 0 N–H and O–H groups in total. The van der Waals surface area contributed by atoms with Gasteiger partial charge in [-0.15, -0.1) is 5.10 Å². The Bertz CT molecular complexity index is 1240. The van der Waals surface area contributed by atoms with E-state index in [2.05, 4.69) is 20.5 Å². The first kappa shape index (κ1) is 18.8. The van der Waals surface area contributed by atoms with Crippen LogP contribution in [0.25, 0.3) is 10.9 Å². The van der Waals surface area contributed by atoms with Crippen molar-refractivity contribution in [1.29, 1.82) is 0 Å². The number of benzene rings is 1. The number of hydrogen-bond acceptors (Lipinski definition) is 9. The highest BCUT2D eigenvalue weighted by Crippen LogP contribution is 2.24. The maximum absolute atomic E-state index is 12.6. The fraction of sp³-hybridized carbons (Fsp3) is 0.158. The number of esters is 1. The molecule has 1 aromatic carbocycles. The Kier molecular flexibility index (Phi) is 5.34. The topological polar surface area (TPSA) is 113 Å². The average Bonchev–Trinajstić information content (AvgIpc) is 3.17. The van der Waals surface area contributed by atoms with Crippen LogP contribution in [0, 0.1) is 6.92 Å². The molecule has 9 nitrogen and oxygen atoms in total. The molecule has 4 aromatic rings. The van der Waals surface area contributed by atoms with Gasteiger partial charge in [-0.25, -0.2) is 9.78 Å². The molecule has 0 atom stereocenters. The van der Waals surface area contributed by atoms with E-state index in [4.69, 9.17) is 9.26 Å². The Morgan fingerprint density at radius 2 is 2.10 bits per heavy atom. The van der Waals surface area contributed by atoms with Gasteiger partial charge in [-0.1, -0.05) is 34.3 Å². The van der Waals surface area contributed by atoms with Gasteiger partial charge < -0.3 is 9.26 Å². The lowest BCUT2D eigenvalue weighted by Gasteiger charge is -2.09. The van der Waals surface area contributed by atoms with Crippen molar-refractivity contribution in [1.82, 2.24) is 25.1 Å². The van der Waals surface area contributed by atoms with Crippen molar-refractivity contribution in [3.05, 3.63) is 76.0 Å². The van der Waals surface area contributed by atoms with Gasteiger partial charge in [0.05, 0.1) is 16.6 Å². The Balaban J connectivity index is 1.48. The van der Waals surface area contributed by atoms with Crippen molar-refractivity contribution in [3.63, 3.8) is 0 Å². The second kappa shape index (κ2) is 8.23. The summed E-state index contributed by atoms with van der Waals surface area (Å²) in [4.78, 5) is 29.2. The third-order valence-electron chi connectivity index (χ3n) is 3.97. The van der Waals surface area contributed by atoms with Crippen LogP contribution in [-0.2, 0) is 17.2 Å². The molecular weight excluding hydrogens is 394 g/mol. The van der Waals surface area contributed by atoms with Crippen molar-refractivity contribution in [2.75, 3.05) is 0 Å². The van der Waals surface area contributed by atoms with Crippen LogP contribution in [0.15, 0.2) is 63.0 Å². The Labute approximate surface area is 168 Å². The van der Waals surface area contributed by atoms with E-state index in [1.807, 2.05) is 13.0 Å². The number of nitrogens with zero attached hydrogens (tertiary/aromatic N) is 5. The first-order chi connectivity index (χ1) is 14.1. The molecule has 0 saturated heterocycles. The van der Waals surface area contributed by atoms with E-state index >= 15 is 0 Å². The predicted octanol–water partition coefficient (Wildman–Crippen LogP) is 2.59. The zero-order chi connectivity index (χ0) is 20.2. The summed E-state index contributed by atoms with van der Waals surface area (Å²) in [6.07, 6.45) is 1.59. The number of thioether (sulfide) groups is 1. The van der Waals surface area contributed by atoms with Crippen LogP contribution in [0.1, 0.15) is 21.8 Å². The molecule has 0 amide bonds. The minimum Gasteiger partial charge on any atom is -0.438 e. The number of pyridine rings is 1.